The van der Waals surface area contributed by atoms with Crippen molar-refractivity contribution in [3.8, 4) is 22.3 Å². The molecule has 0 N–H and O–H groups in total. The van der Waals surface area contributed by atoms with Gasteiger partial charge in [-0.05, 0) is 161 Å². The zero-order valence-electron chi connectivity index (χ0n) is 29.3. The van der Waals surface area contributed by atoms with Gasteiger partial charge in [0.25, 0.3) is 0 Å². The molecule has 4 aromatic rings. The zero-order valence-corrected chi connectivity index (χ0v) is 32.5. The van der Waals surface area contributed by atoms with Crippen LogP contribution in [-0.4, -0.2) is 36.6 Å². The van der Waals surface area contributed by atoms with E-state index in [1.807, 2.05) is 0 Å². The lowest BCUT2D eigenvalue weighted by Crippen LogP contribution is -2.41. The van der Waals surface area contributed by atoms with Crippen molar-refractivity contribution in [1.29, 1.82) is 0 Å². The molecule has 0 bridgehead atoms. The second-order valence-electron chi connectivity index (χ2n) is 15.6. The van der Waals surface area contributed by atoms with Crippen molar-refractivity contribution in [2.75, 3.05) is 0 Å². The highest BCUT2D eigenvalue weighted by atomic mass is 79.9. The van der Waals surface area contributed by atoms with Crippen molar-refractivity contribution in [3.63, 3.8) is 0 Å². The van der Waals surface area contributed by atoms with E-state index in [1.165, 1.54) is 53.5 Å². The lowest BCUT2D eigenvalue weighted by molar-refractivity contribution is 0.00578. The molecular formula is C40H44B2Br2O4. The number of hydrogen-bond acceptors (Lipinski definition) is 4. The summed E-state index contributed by atoms with van der Waals surface area (Å²) in [6.07, 6.45) is 4.28. The van der Waals surface area contributed by atoms with Gasteiger partial charge in [-0.3, -0.25) is 0 Å². The van der Waals surface area contributed by atoms with Crippen LogP contribution in [0.15, 0.2) is 81.7 Å². The van der Waals surface area contributed by atoms with Gasteiger partial charge in [0.05, 0.1) is 22.4 Å². The van der Waals surface area contributed by atoms with E-state index in [2.05, 4.69) is 160 Å². The Hall–Kier alpha value is -2.19. The molecule has 0 atom stereocenters. The van der Waals surface area contributed by atoms with Crippen LogP contribution in [0.1, 0.15) is 77.6 Å². The van der Waals surface area contributed by atoms with Gasteiger partial charge in [0.2, 0.25) is 0 Å². The van der Waals surface area contributed by atoms with Crippen LogP contribution in [-0.2, 0) is 44.3 Å². The van der Waals surface area contributed by atoms with Gasteiger partial charge < -0.3 is 18.6 Å². The van der Waals surface area contributed by atoms with Gasteiger partial charge >= 0.3 is 14.2 Å². The van der Waals surface area contributed by atoms with Crippen molar-refractivity contribution < 1.29 is 18.6 Å². The average molecular weight is 770 g/mol. The van der Waals surface area contributed by atoms with Crippen LogP contribution in [0.4, 0.5) is 0 Å². The highest BCUT2D eigenvalue weighted by Crippen LogP contribution is 2.40. The van der Waals surface area contributed by atoms with E-state index in [0.717, 1.165) is 36.6 Å². The van der Waals surface area contributed by atoms with E-state index in [4.69, 9.17) is 18.6 Å². The minimum atomic E-state index is -0.329. The van der Waals surface area contributed by atoms with Gasteiger partial charge in [-0.25, -0.2) is 0 Å². The number of halogens is 2. The summed E-state index contributed by atoms with van der Waals surface area (Å²) in [5.41, 5.74) is 11.9. The number of aryl methyl sites for hydroxylation is 4. The van der Waals surface area contributed by atoms with E-state index >= 15 is 0 Å². The number of fused-ring (bicyclic) bond motifs is 6. The highest BCUT2D eigenvalue weighted by Gasteiger charge is 2.53. The maximum atomic E-state index is 6.27. The standard InChI is InChI=1S/C26H34B2O4.C14H10Br2/c1-23(2)24(3,4)30-27(29-23)19-11-13-21-17(15-19)9-10-18-16-20(12-14-22(18)21)28-31-25(5,6)26(7,8)32-28;15-11-3-5-13-9(7-11)1-2-10-8-12(16)4-6-14(10)13/h11-16H,9-10H2,1-8H3;3-8H,1-2H2. The molecule has 2 heterocycles. The second kappa shape index (κ2) is 12.2. The molecule has 48 heavy (non-hydrogen) atoms. The Morgan fingerprint density at radius 3 is 1.00 bits per heavy atom. The monoisotopic (exact) mass is 768 g/mol. The van der Waals surface area contributed by atoms with Crippen LogP contribution < -0.4 is 10.9 Å². The molecule has 248 valence electrons. The summed E-state index contributed by atoms with van der Waals surface area (Å²) >= 11 is 7.07. The molecule has 0 spiro atoms. The van der Waals surface area contributed by atoms with Crippen molar-refractivity contribution in [2.45, 2.75) is 103 Å². The first-order chi connectivity index (χ1) is 22.5. The first-order valence-corrected chi connectivity index (χ1v) is 18.7. The van der Waals surface area contributed by atoms with Crippen LogP contribution in [0.5, 0.6) is 0 Å². The Morgan fingerprint density at radius 1 is 0.417 bits per heavy atom. The Bertz CT molecular complexity index is 1730. The SMILES string of the molecule is Brc1ccc2c(c1)CCc1cc(Br)ccc1-2.CC1(C)OB(c2ccc3c(c2)CCc2cc(B4OC(C)(C)C(C)(C)O4)ccc2-3)OC1(C)C. The molecule has 2 fully saturated rings. The Morgan fingerprint density at radius 2 is 0.688 bits per heavy atom. The van der Waals surface area contributed by atoms with E-state index in [1.54, 1.807) is 0 Å². The van der Waals surface area contributed by atoms with Crippen LogP contribution in [0.2, 0.25) is 0 Å². The summed E-state index contributed by atoms with van der Waals surface area (Å²) in [5, 5.41) is 0. The predicted molar refractivity (Wildman–Crippen MR) is 205 cm³/mol. The normalized spacial score (nSPS) is 20.6. The molecule has 4 nitrogen and oxygen atoms in total. The van der Waals surface area contributed by atoms with E-state index in [0.29, 0.717) is 0 Å². The molecule has 0 unspecified atom stereocenters. The highest BCUT2D eigenvalue weighted by molar-refractivity contribution is 9.10. The molecule has 4 aliphatic rings. The van der Waals surface area contributed by atoms with Crippen molar-refractivity contribution in [2.24, 2.45) is 0 Å². The fourth-order valence-electron chi connectivity index (χ4n) is 7.02. The molecule has 0 radical (unpaired) electrons. The Balaban J connectivity index is 0.000000190. The summed E-state index contributed by atoms with van der Waals surface area (Å²) in [5.74, 6) is 0. The predicted octanol–water partition coefficient (Wildman–Crippen LogP) is 9.03. The van der Waals surface area contributed by atoms with Crippen molar-refractivity contribution in [1.82, 2.24) is 0 Å². The number of rotatable bonds is 2. The molecule has 2 saturated heterocycles. The molecule has 0 saturated carbocycles. The van der Waals surface area contributed by atoms with Gasteiger partial charge in [0.15, 0.2) is 0 Å². The van der Waals surface area contributed by atoms with E-state index in [-0.39, 0.29) is 36.6 Å². The first-order valence-electron chi connectivity index (χ1n) is 17.1. The average Bonchev–Trinajstić information content (AvgIpc) is 3.39. The summed E-state index contributed by atoms with van der Waals surface area (Å²) in [4.78, 5) is 0. The Labute approximate surface area is 303 Å². The summed E-state index contributed by atoms with van der Waals surface area (Å²) in [7, 11) is -0.644. The minimum absolute atomic E-state index is 0.322. The molecular weight excluding hydrogens is 726 g/mol. The van der Waals surface area contributed by atoms with Crippen LogP contribution >= 0.6 is 31.9 Å². The van der Waals surface area contributed by atoms with Gasteiger partial charge in [-0.15, -0.1) is 0 Å². The maximum Gasteiger partial charge on any atom is 0.494 e. The minimum Gasteiger partial charge on any atom is -0.399 e. The smallest absolute Gasteiger partial charge is 0.399 e. The fraction of sp³-hybridized carbons (Fsp3) is 0.400. The van der Waals surface area contributed by atoms with Crippen LogP contribution in [0, 0.1) is 0 Å². The molecule has 2 aliphatic heterocycles. The van der Waals surface area contributed by atoms with Gasteiger partial charge in [0.1, 0.15) is 0 Å². The zero-order chi connectivity index (χ0) is 34.2. The topological polar surface area (TPSA) is 36.9 Å². The number of benzene rings is 4. The quantitative estimate of drug-likeness (QED) is 0.191. The van der Waals surface area contributed by atoms with Crippen molar-refractivity contribution in [3.05, 3.63) is 104 Å². The van der Waals surface area contributed by atoms with Gasteiger partial charge in [-0.2, -0.15) is 0 Å². The molecule has 2 aliphatic carbocycles. The fourth-order valence-corrected chi connectivity index (χ4v) is 7.84. The van der Waals surface area contributed by atoms with E-state index in [9.17, 15) is 0 Å². The van der Waals surface area contributed by atoms with Crippen LogP contribution in [0.3, 0.4) is 0 Å². The second-order valence-corrected chi connectivity index (χ2v) is 17.4. The van der Waals surface area contributed by atoms with Gasteiger partial charge in [-0.1, -0.05) is 80.4 Å². The van der Waals surface area contributed by atoms with Crippen LogP contribution in [0.25, 0.3) is 22.3 Å². The Kier molecular flexibility index (Phi) is 8.74. The van der Waals surface area contributed by atoms with Gasteiger partial charge in [0, 0.05) is 8.95 Å². The summed E-state index contributed by atoms with van der Waals surface area (Å²) in [6, 6.07) is 26.4. The number of hydrogen-bond donors (Lipinski definition) is 0. The van der Waals surface area contributed by atoms with Crippen molar-refractivity contribution >= 4 is 57.0 Å². The maximum absolute atomic E-state index is 6.27. The lowest BCUT2D eigenvalue weighted by Gasteiger charge is -2.32. The summed E-state index contributed by atoms with van der Waals surface area (Å²) < 4.78 is 27.4. The third-order valence-electron chi connectivity index (χ3n) is 11.4. The first kappa shape index (κ1) is 34.3. The molecule has 8 heteroatoms. The molecule has 0 aromatic heterocycles. The molecule has 8 rings (SSSR count). The molecule has 4 aromatic carbocycles. The third kappa shape index (κ3) is 6.20. The molecule has 0 amide bonds. The summed E-state index contributed by atoms with van der Waals surface area (Å²) in [6.45, 7) is 16.8. The lowest BCUT2D eigenvalue weighted by atomic mass is 9.73. The third-order valence-corrected chi connectivity index (χ3v) is 12.3. The van der Waals surface area contributed by atoms with E-state index < -0.39 is 0 Å². The largest absolute Gasteiger partial charge is 0.494 e.